The van der Waals surface area contributed by atoms with Gasteiger partial charge in [0.05, 0.1) is 11.2 Å². The van der Waals surface area contributed by atoms with Crippen LogP contribution in [0.15, 0.2) is 41.0 Å². The molecule has 9 heteroatoms. The van der Waals surface area contributed by atoms with E-state index < -0.39 is 4.92 Å². The second-order valence-corrected chi connectivity index (χ2v) is 5.31. The van der Waals surface area contributed by atoms with E-state index in [-0.39, 0.29) is 11.5 Å². The van der Waals surface area contributed by atoms with Gasteiger partial charge in [-0.05, 0) is 31.2 Å². The standard InChI is InChI=1S/C16H15N5O4/c1-10(22)11-4-5-12(13(9-11)21(23)24)17-7-6-15-18-16(20-19-15)14-3-2-8-25-14/h2-5,8-9,17H,6-7H2,1H3,(H,18,19,20). The molecule has 0 aliphatic heterocycles. The third-order valence-corrected chi connectivity index (χ3v) is 3.55. The number of anilines is 1. The quantitative estimate of drug-likeness (QED) is 0.384. The highest BCUT2D eigenvalue weighted by molar-refractivity contribution is 5.95. The number of carbonyl (C=O) groups excluding carboxylic acids is 1. The van der Waals surface area contributed by atoms with Crippen molar-refractivity contribution in [3.05, 3.63) is 58.1 Å². The van der Waals surface area contributed by atoms with Crippen LogP contribution in [0.1, 0.15) is 23.1 Å². The van der Waals surface area contributed by atoms with Crippen molar-refractivity contribution in [2.45, 2.75) is 13.3 Å². The van der Waals surface area contributed by atoms with E-state index in [0.29, 0.717) is 41.6 Å². The Labute approximate surface area is 142 Å². The van der Waals surface area contributed by atoms with Crippen LogP contribution < -0.4 is 5.32 Å². The number of nitro groups is 1. The van der Waals surface area contributed by atoms with Gasteiger partial charge in [-0.3, -0.25) is 20.0 Å². The summed E-state index contributed by atoms with van der Waals surface area (Å²) in [5, 5.41) is 21.0. The molecule has 0 fully saturated rings. The van der Waals surface area contributed by atoms with Gasteiger partial charge in [0.15, 0.2) is 11.5 Å². The first-order chi connectivity index (χ1) is 12.0. The Morgan fingerprint density at radius 3 is 2.92 bits per heavy atom. The lowest BCUT2D eigenvalue weighted by Crippen LogP contribution is -2.08. The molecule has 0 unspecified atom stereocenters. The summed E-state index contributed by atoms with van der Waals surface area (Å²) >= 11 is 0. The molecule has 3 aromatic rings. The molecule has 2 N–H and O–H groups in total. The molecule has 1 aromatic carbocycles. The van der Waals surface area contributed by atoms with Crippen molar-refractivity contribution in [1.29, 1.82) is 0 Å². The molecular weight excluding hydrogens is 326 g/mol. The van der Waals surface area contributed by atoms with Crippen LogP contribution in [0.3, 0.4) is 0 Å². The highest BCUT2D eigenvalue weighted by Gasteiger charge is 2.16. The Morgan fingerprint density at radius 2 is 2.24 bits per heavy atom. The Balaban J connectivity index is 1.66. The van der Waals surface area contributed by atoms with E-state index in [9.17, 15) is 14.9 Å². The van der Waals surface area contributed by atoms with Crippen LogP contribution >= 0.6 is 0 Å². The van der Waals surface area contributed by atoms with E-state index >= 15 is 0 Å². The van der Waals surface area contributed by atoms with E-state index in [4.69, 9.17) is 4.42 Å². The summed E-state index contributed by atoms with van der Waals surface area (Å²) in [5.41, 5.74) is 0.512. The van der Waals surface area contributed by atoms with E-state index in [2.05, 4.69) is 20.5 Å². The van der Waals surface area contributed by atoms with Gasteiger partial charge in [0.2, 0.25) is 5.82 Å². The van der Waals surface area contributed by atoms with Gasteiger partial charge in [-0.1, -0.05) is 0 Å². The maximum absolute atomic E-state index is 11.4. The normalized spacial score (nSPS) is 10.6. The van der Waals surface area contributed by atoms with Crippen LogP contribution in [-0.2, 0) is 6.42 Å². The molecule has 0 bridgehead atoms. The van der Waals surface area contributed by atoms with Gasteiger partial charge in [-0.2, -0.15) is 5.10 Å². The maximum Gasteiger partial charge on any atom is 0.293 e. The number of Topliss-reactive ketones (excluding diaryl/α,β-unsaturated/α-hetero) is 1. The highest BCUT2D eigenvalue weighted by atomic mass is 16.6. The molecule has 9 nitrogen and oxygen atoms in total. The number of aromatic nitrogens is 3. The number of nitrogens with zero attached hydrogens (tertiary/aromatic N) is 3. The largest absolute Gasteiger partial charge is 0.461 e. The van der Waals surface area contributed by atoms with Gasteiger partial charge in [0.25, 0.3) is 5.69 Å². The lowest BCUT2D eigenvalue weighted by molar-refractivity contribution is -0.384. The number of nitro benzene ring substituents is 1. The number of hydrogen-bond donors (Lipinski definition) is 2. The molecule has 128 valence electrons. The molecule has 0 atom stereocenters. The van der Waals surface area contributed by atoms with Crippen LogP contribution in [0, 0.1) is 10.1 Å². The van der Waals surface area contributed by atoms with Gasteiger partial charge in [0.1, 0.15) is 11.5 Å². The van der Waals surface area contributed by atoms with Crippen molar-refractivity contribution >= 4 is 17.2 Å². The predicted molar refractivity (Wildman–Crippen MR) is 89.4 cm³/mol. The number of H-pyrrole nitrogens is 1. The lowest BCUT2D eigenvalue weighted by Gasteiger charge is -2.07. The van der Waals surface area contributed by atoms with Gasteiger partial charge < -0.3 is 9.73 Å². The fourth-order valence-electron chi connectivity index (χ4n) is 2.29. The van der Waals surface area contributed by atoms with Crippen molar-refractivity contribution in [3.63, 3.8) is 0 Å². The van der Waals surface area contributed by atoms with Crippen molar-refractivity contribution in [2.75, 3.05) is 11.9 Å². The van der Waals surface area contributed by atoms with Crippen LogP contribution in [-0.4, -0.2) is 32.4 Å². The summed E-state index contributed by atoms with van der Waals surface area (Å²) in [6, 6.07) is 7.86. The van der Waals surface area contributed by atoms with Crippen LogP contribution in [0.2, 0.25) is 0 Å². The Morgan fingerprint density at radius 1 is 1.40 bits per heavy atom. The number of rotatable bonds is 7. The topological polar surface area (TPSA) is 127 Å². The van der Waals surface area contributed by atoms with Crippen molar-refractivity contribution in [2.24, 2.45) is 0 Å². The molecule has 0 amide bonds. The predicted octanol–water partition coefficient (Wildman–Crippen LogP) is 2.83. The number of ketones is 1. The minimum Gasteiger partial charge on any atom is -0.461 e. The number of furan rings is 1. The first-order valence-electron chi connectivity index (χ1n) is 7.53. The van der Waals surface area contributed by atoms with Crippen LogP contribution in [0.4, 0.5) is 11.4 Å². The molecule has 3 rings (SSSR count). The van der Waals surface area contributed by atoms with E-state index in [1.165, 1.54) is 25.3 Å². The van der Waals surface area contributed by atoms with E-state index in [1.807, 2.05) is 0 Å². The van der Waals surface area contributed by atoms with Crippen LogP contribution in [0.25, 0.3) is 11.6 Å². The summed E-state index contributed by atoms with van der Waals surface area (Å²) in [5.74, 6) is 1.42. The number of nitrogens with one attached hydrogen (secondary N) is 2. The van der Waals surface area contributed by atoms with Gasteiger partial charge >= 0.3 is 0 Å². The van der Waals surface area contributed by atoms with E-state index in [1.54, 1.807) is 18.2 Å². The molecule has 0 spiro atoms. The average molecular weight is 341 g/mol. The number of carbonyl (C=O) groups is 1. The zero-order valence-corrected chi connectivity index (χ0v) is 13.4. The van der Waals surface area contributed by atoms with Gasteiger partial charge in [0, 0.05) is 24.6 Å². The average Bonchev–Trinajstić information content (AvgIpc) is 3.26. The Bertz CT molecular complexity index is 901. The fraction of sp³-hybridized carbons (Fsp3) is 0.188. The molecule has 2 heterocycles. The number of benzene rings is 1. The molecule has 0 aliphatic rings. The minimum atomic E-state index is -0.516. The Hall–Kier alpha value is -3.49. The fourth-order valence-corrected chi connectivity index (χ4v) is 2.29. The van der Waals surface area contributed by atoms with Crippen molar-refractivity contribution in [1.82, 2.24) is 15.2 Å². The first-order valence-corrected chi connectivity index (χ1v) is 7.53. The van der Waals surface area contributed by atoms with E-state index in [0.717, 1.165) is 0 Å². The van der Waals surface area contributed by atoms with Gasteiger partial charge in [-0.15, -0.1) is 0 Å². The summed E-state index contributed by atoms with van der Waals surface area (Å²) in [4.78, 5) is 26.3. The number of aromatic amines is 1. The first kappa shape index (κ1) is 16.4. The zero-order chi connectivity index (χ0) is 17.8. The van der Waals surface area contributed by atoms with Crippen molar-refractivity contribution < 1.29 is 14.1 Å². The molecule has 2 aromatic heterocycles. The second-order valence-electron chi connectivity index (χ2n) is 5.31. The molecule has 0 saturated heterocycles. The second kappa shape index (κ2) is 6.95. The van der Waals surface area contributed by atoms with Gasteiger partial charge in [-0.25, -0.2) is 4.98 Å². The van der Waals surface area contributed by atoms with Crippen LogP contribution in [0.5, 0.6) is 0 Å². The maximum atomic E-state index is 11.4. The summed E-state index contributed by atoms with van der Waals surface area (Å²) in [6.45, 7) is 1.78. The third kappa shape index (κ3) is 3.71. The zero-order valence-electron chi connectivity index (χ0n) is 13.4. The third-order valence-electron chi connectivity index (χ3n) is 3.55. The monoisotopic (exact) mass is 341 g/mol. The van der Waals surface area contributed by atoms with Crippen molar-refractivity contribution in [3.8, 4) is 11.6 Å². The molecule has 0 saturated carbocycles. The molecule has 0 aliphatic carbocycles. The minimum absolute atomic E-state index is 0.137. The molecule has 25 heavy (non-hydrogen) atoms. The summed E-state index contributed by atoms with van der Waals surface area (Å²) < 4.78 is 5.22. The SMILES string of the molecule is CC(=O)c1ccc(NCCc2nc(-c3ccco3)n[nH]2)c([N+](=O)[O-])c1. The molecular formula is C16H15N5O4. The highest BCUT2D eigenvalue weighted by Crippen LogP contribution is 2.25. The summed E-state index contributed by atoms with van der Waals surface area (Å²) in [7, 11) is 0. The summed E-state index contributed by atoms with van der Waals surface area (Å²) in [6.07, 6.45) is 2.02. The number of hydrogen-bond acceptors (Lipinski definition) is 7. The smallest absolute Gasteiger partial charge is 0.293 e. The molecule has 0 radical (unpaired) electrons. The lowest BCUT2D eigenvalue weighted by atomic mass is 10.1. The Kier molecular flexibility index (Phi) is 4.55.